The van der Waals surface area contributed by atoms with Crippen LogP contribution < -0.4 is 9.13 Å². The zero-order valence-corrected chi connectivity index (χ0v) is 43.6. The van der Waals surface area contributed by atoms with Crippen LogP contribution in [0.4, 0.5) is 0 Å². The maximum atomic E-state index is 5.77. The van der Waals surface area contributed by atoms with Crippen molar-refractivity contribution in [3.63, 3.8) is 0 Å². The van der Waals surface area contributed by atoms with Crippen molar-refractivity contribution in [3.05, 3.63) is 200 Å². The molecule has 0 radical (unpaired) electrons. The monoisotopic (exact) mass is 939 g/mol. The van der Waals surface area contributed by atoms with E-state index in [-0.39, 0.29) is 0 Å². The Morgan fingerprint density at radius 3 is 0.847 bits per heavy atom. The predicted molar refractivity (Wildman–Crippen MR) is 301 cm³/mol. The maximum absolute atomic E-state index is 5.77. The van der Waals surface area contributed by atoms with Crippen LogP contribution in [0.2, 0.25) is 0 Å². The number of pyridine rings is 2. The summed E-state index contributed by atoms with van der Waals surface area (Å²) in [5.74, 6) is 0. The molecule has 5 aromatic heterocycles. The number of hydrogen-bond donors (Lipinski definition) is 2. The number of hydrogen-bond acceptors (Lipinski definition) is 2. The van der Waals surface area contributed by atoms with Crippen LogP contribution in [0.3, 0.4) is 0 Å². The Morgan fingerprint density at radius 2 is 0.583 bits per heavy atom. The molecule has 8 bridgehead atoms. The van der Waals surface area contributed by atoms with Crippen LogP contribution in [0.5, 0.6) is 0 Å². The summed E-state index contributed by atoms with van der Waals surface area (Å²) in [7, 11) is 4.15. The molecule has 11 rings (SSSR count). The standard InChI is InChI=1S/C66H62N6/c1-37-27-39(3)59(40(4)28-37)63-51-17-18-52(67-51)64(60-41(5)29-38(2)30-42(60)6)54-20-22-56(69-54)66(62-45(9)33-50(34-46(62)10)48-16-14-26-72(12)36-48)58-24-23-57(70-58)65(55-21-19-53(63)68-55)61-43(7)31-49(32-44(61)8)47-15-13-25-71(11)35-47/h13-36,68-69H,1-12H3/q+2. The lowest BCUT2D eigenvalue weighted by molar-refractivity contribution is -0.671. The summed E-state index contributed by atoms with van der Waals surface area (Å²) in [6.07, 6.45) is 17.4. The smallest absolute Gasteiger partial charge is 0.176 e. The highest BCUT2D eigenvalue weighted by Gasteiger charge is 2.24. The topological polar surface area (TPSA) is 65.1 Å². The first-order valence-electron chi connectivity index (χ1n) is 25.1. The van der Waals surface area contributed by atoms with Crippen LogP contribution in [-0.2, 0) is 14.1 Å². The SMILES string of the molecule is Cc1cc(C)c(-c2c3nc(c(-c4c(C)cc(C)cc4C)c4ccc([nH]4)c(-c4c(C)cc(-c5ccc[n+](C)c5)cc4C)c4nc(c(-c5c(C)cc(-c6ccc[n+](C)c6)cc5C)c5ccc2[nH]5)C=C4)C=C3)c(C)c1. The summed E-state index contributed by atoms with van der Waals surface area (Å²) in [4.78, 5) is 19.6. The lowest BCUT2D eigenvalue weighted by atomic mass is 9.91. The largest absolute Gasteiger partial charge is 0.354 e. The van der Waals surface area contributed by atoms with E-state index in [0.717, 1.165) is 78.2 Å². The molecule has 2 aliphatic rings. The maximum Gasteiger partial charge on any atom is 0.176 e. The molecular formula is C66H62N6+2. The molecule has 7 heterocycles. The average Bonchev–Trinajstić information content (AvgIpc) is 4.17. The van der Waals surface area contributed by atoms with Crippen LogP contribution in [-0.4, -0.2) is 19.9 Å². The van der Waals surface area contributed by atoms with Gasteiger partial charge in [-0.15, -0.1) is 0 Å². The molecule has 2 aliphatic heterocycles. The van der Waals surface area contributed by atoms with Crippen LogP contribution in [0.1, 0.15) is 78.4 Å². The van der Waals surface area contributed by atoms with Crippen molar-refractivity contribution in [2.45, 2.75) is 69.2 Å². The van der Waals surface area contributed by atoms with E-state index in [2.05, 4.69) is 249 Å². The molecule has 354 valence electrons. The van der Waals surface area contributed by atoms with E-state index in [1.54, 1.807) is 0 Å². The summed E-state index contributed by atoms with van der Waals surface area (Å²) in [5.41, 5.74) is 33.4. The molecule has 0 spiro atoms. The van der Waals surface area contributed by atoms with Gasteiger partial charge >= 0.3 is 0 Å². The molecule has 0 unspecified atom stereocenters. The molecule has 2 N–H and O–H groups in total. The summed E-state index contributed by atoms with van der Waals surface area (Å²) in [6.45, 7) is 22.2. The van der Waals surface area contributed by atoms with Gasteiger partial charge in [0.25, 0.3) is 0 Å². The number of rotatable bonds is 6. The van der Waals surface area contributed by atoms with E-state index in [1.807, 2.05) is 0 Å². The molecule has 6 heteroatoms. The average molecular weight is 939 g/mol. The predicted octanol–water partition coefficient (Wildman–Crippen LogP) is 15.4. The van der Waals surface area contributed by atoms with Gasteiger partial charge in [0, 0.05) is 67.6 Å². The van der Waals surface area contributed by atoms with E-state index < -0.39 is 0 Å². The zero-order valence-electron chi connectivity index (χ0n) is 43.6. The highest BCUT2D eigenvalue weighted by atomic mass is 14.9. The van der Waals surface area contributed by atoms with Crippen molar-refractivity contribution >= 4 is 46.4 Å². The molecule has 72 heavy (non-hydrogen) atoms. The van der Waals surface area contributed by atoms with Gasteiger partial charge in [-0.25, -0.2) is 19.1 Å². The van der Waals surface area contributed by atoms with Gasteiger partial charge in [0.2, 0.25) is 0 Å². The molecule has 6 nitrogen and oxygen atoms in total. The van der Waals surface area contributed by atoms with E-state index in [0.29, 0.717) is 0 Å². The third-order valence-electron chi connectivity index (χ3n) is 14.7. The number of nitrogens with one attached hydrogen (secondary N) is 2. The molecule has 0 aliphatic carbocycles. The normalized spacial score (nSPS) is 12.1. The second-order valence-corrected chi connectivity index (χ2v) is 20.5. The minimum Gasteiger partial charge on any atom is -0.354 e. The summed E-state index contributed by atoms with van der Waals surface area (Å²) < 4.78 is 4.22. The van der Waals surface area contributed by atoms with Gasteiger partial charge in [-0.3, -0.25) is 0 Å². The molecule has 0 atom stereocenters. The van der Waals surface area contributed by atoms with Crippen molar-refractivity contribution in [2.24, 2.45) is 14.1 Å². The molecule has 0 fully saturated rings. The van der Waals surface area contributed by atoms with E-state index in [9.17, 15) is 0 Å². The van der Waals surface area contributed by atoms with Crippen molar-refractivity contribution in [1.29, 1.82) is 0 Å². The van der Waals surface area contributed by atoms with Gasteiger partial charge < -0.3 is 9.97 Å². The first-order chi connectivity index (χ1) is 34.6. The highest BCUT2D eigenvalue weighted by Crippen LogP contribution is 2.44. The molecule has 0 saturated carbocycles. The first-order valence-corrected chi connectivity index (χ1v) is 25.1. The van der Waals surface area contributed by atoms with E-state index >= 15 is 0 Å². The fraction of sp³-hybridized carbons (Fsp3) is 0.182. The van der Waals surface area contributed by atoms with Gasteiger partial charge in [-0.1, -0.05) is 59.7 Å². The number of fused-ring (bicyclic) bond motifs is 8. The number of nitrogens with zero attached hydrogens (tertiary/aromatic N) is 4. The Morgan fingerprint density at radius 1 is 0.319 bits per heavy atom. The van der Waals surface area contributed by atoms with Crippen molar-refractivity contribution < 1.29 is 9.13 Å². The summed E-state index contributed by atoms with van der Waals surface area (Å²) in [5, 5.41) is 0. The quantitative estimate of drug-likeness (QED) is 0.163. The van der Waals surface area contributed by atoms with Gasteiger partial charge in [0.05, 0.1) is 22.8 Å². The second kappa shape index (κ2) is 17.9. The Kier molecular flexibility index (Phi) is 11.5. The van der Waals surface area contributed by atoms with E-state index in [1.165, 1.54) is 89.0 Å². The van der Waals surface area contributed by atoms with Crippen molar-refractivity contribution in [1.82, 2.24) is 19.9 Å². The number of benzene rings is 4. The number of aromatic amines is 2. The van der Waals surface area contributed by atoms with Crippen LogP contribution in [0, 0.1) is 69.2 Å². The Balaban J connectivity index is 1.31. The van der Waals surface area contributed by atoms with Gasteiger partial charge in [0.15, 0.2) is 24.8 Å². The van der Waals surface area contributed by atoms with Crippen molar-refractivity contribution in [2.75, 3.05) is 0 Å². The van der Waals surface area contributed by atoms with Gasteiger partial charge in [-0.2, -0.15) is 0 Å². The van der Waals surface area contributed by atoms with E-state index in [4.69, 9.17) is 9.97 Å². The van der Waals surface area contributed by atoms with Crippen LogP contribution in [0.15, 0.2) is 122 Å². The first kappa shape index (κ1) is 46.2. The number of aromatic nitrogens is 6. The van der Waals surface area contributed by atoms with Crippen LogP contribution >= 0.6 is 0 Å². The zero-order chi connectivity index (χ0) is 50.3. The Hall–Kier alpha value is -8.22. The Bertz CT molecular complexity index is 3660. The minimum absolute atomic E-state index is 0.902. The molecular weight excluding hydrogens is 877 g/mol. The number of H-pyrrole nitrogens is 2. The summed E-state index contributed by atoms with van der Waals surface area (Å²) in [6, 6.07) is 36.1. The minimum atomic E-state index is 0.902. The lowest BCUT2D eigenvalue weighted by Crippen LogP contribution is -2.26. The number of aryl methyl sites for hydroxylation is 12. The fourth-order valence-electron chi connectivity index (χ4n) is 12.0. The van der Waals surface area contributed by atoms with Crippen LogP contribution in [0.25, 0.3) is 113 Å². The third kappa shape index (κ3) is 8.11. The molecule has 9 aromatic rings. The lowest BCUT2D eigenvalue weighted by Gasteiger charge is -2.15. The van der Waals surface area contributed by atoms with Crippen molar-refractivity contribution in [3.8, 4) is 66.8 Å². The fourth-order valence-corrected chi connectivity index (χ4v) is 12.0. The molecule has 0 saturated heterocycles. The molecule has 4 aromatic carbocycles. The Labute approximate surface area is 423 Å². The third-order valence-corrected chi connectivity index (χ3v) is 14.7. The highest BCUT2D eigenvalue weighted by molar-refractivity contribution is 6.02. The van der Waals surface area contributed by atoms with Gasteiger partial charge in [0.1, 0.15) is 14.1 Å². The van der Waals surface area contributed by atoms with Gasteiger partial charge in [-0.05, 0) is 208 Å². The second-order valence-electron chi connectivity index (χ2n) is 20.5. The molecule has 0 amide bonds. The summed E-state index contributed by atoms with van der Waals surface area (Å²) >= 11 is 0.